The van der Waals surface area contributed by atoms with Gasteiger partial charge in [0.15, 0.2) is 0 Å². The number of aromatic nitrogens is 2. The van der Waals surface area contributed by atoms with E-state index in [4.69, 9.17) is 15.9 Å². The summed E-state index contributed by atoms with van der Waals surface area (Å²) in [5.74, 6) is -1.68. The first-order valence-electron chi connectivity index (χ1n) is 3.71. The second kappa shape index (κ2) is 3.15. The molecule has 0 fully saturated rings. The molecule has 1 heterocycles. The summed E-state index contributed by atoms with van der Waals surface area (Å²) in [6, 6.07) is 1.58. The molecule has 72 valence electrons. The molecule has 0 bridgehead atoms. The van der Waals surface area contributed by atoms with Crippen LogP contribution in [0.1, 0.15) is 12.6 Å². The van der Waals surface area contributed by atoms with Crippen molar-refractivity contribution in [1.29, 1.82) is 0 Å². The lowest BCUT2D eigenvalue weighted by Crippen LogP contribution is -2.34. The molecule has 13 heavy (non-hydrogen) atoms. The number of nitrogens with zero attached hydrogens (tertiary/aromatic N) is 2. The predicted molar refractivity (Wildman–Crippen MR) is 47.6 cm³/mol. The van der Waals surface area contributed by atoms with Crippen LogP contribution < -0.4 is 11.1 Å². The van der Waals surface area contributed by atoms with Crippen LogP contribution in [0.4, 0.5) is 11.8 Å². The van der Waals surface area contributed by atoms with Crippen molar-refractivity contribution in [2.45, 2.75) is 19.8 Å². The highest BCUT2D eigenvalue weighted by molar-refractivity contribution is 5.38. The molecule has 0 atom stereocenters. The van der Waals surface area contributed by atoms with Crippen molar-refractivity contribution in [3.05, 3.63) is 11.8 Å². The Bertz CT molecular complexity index is 288. The van der Waals surface area contributed by atoms with Gasteiger partial charge in [-0.15, -0.1) is 0 Å². The van der Waals surface area contributed by atoms with Gasteiger partial charge in [0.05, 0.1) is 0 Å². The summed E-state index contributed by atoms with van der Waals surface area (Å²) < 4.78 is 0. The number of nitrogens with one attached hydrogen (secondary N) is 1. The molecule has 1 aromatic heterocycles. The first-order valence-corrected chi connectivity index (χ1v) is 3.71. The van der Waals surface area contributed by atoms with Gasteiger partial charge in [-0.25, -0.2) is 4.98 Å². The highest BCUT2D eigenvalue weighted by atomic mass is 16.5. The third-order valence-electron chi connectivity index (χ3n) is 1.22. The summed E-state index contributed by atoms with van der Waals surface area (Å²) in [6.45, 7) is 2.89. The Morgan fingerprint density at radius 3 is 2.54 bits per heavy atom. The molecule has 0 aliphatic heterocycles. The van der Waals surface area contributed by atoms with Crippen molar-refractivity contribution < 1.29 is 10.2 Å². The first kappa shape index (κ1) is 9.69. The summed E-state index contributed by atoms with van der Waals surface area (Å²) in [5.41, 5.74) is 6.08. The van der Waals surface area contributed by atoms with Crippen LogP contribution in [0.5, 0.6) is 0 Å². The molecule has 0 aliphatic carbocycles. The fourth-order valence-electron chi connectivity index (χ4n) is 0.861. The molecular weight excluding hydrogens is 172 g/mol. The van der Waals surface area contributed by atoms with Crippen molar-refractivity contribution in [1.82, 2.24) is 9.97 Å². The van der Waals surface area contributed by atoms with Gasteiger partial charge in [0.2, 0.25) is 11.9 Å². The number of aliphatic hydroxyl groups is 2. The second-order valence-electron chi connectivity index (χ2n) is 2.90. The Hall–Kier alpha value is -1.40. The van der Waals surface area contributed by atoms with Crippen LogP contribution in [0, 0.1) is 6.92 Å². The maximum atomic E-state index is 8.98. The van der Waals surface area contributed by atoms with Gasteiger partial charge in [0, 0.05) is 18.7 Å². The van der Waals surface area contributed by atoms with Crippen LogP contribution in [0.3, 0.4) is 0 Å². The van der Waals surface area contributed by atoms with Gasteiger partial charge in [-0.2, -0.15) is 4.98 Å². The lowest BCUT2D eigenvalue weighted by Gasteiger charge is -2.17. The molecule has 0 saturated heterocycles. The van der Waals surface area contributed by atoms with Gasteiger partial charge in [-0.3, -0.25) is 0 Å². The predicted octanol–water partition coefficient (Wildman–Crippen LogP) is -0.563. The maximum absolute atomic E-state index is 8.98. The molecule has 0 amide bonds. The Labute approximate surface area is 75.4 Å². The van der Waals surface area contributed by atoms with Crippen LogP contribution in [0.25, 0.3) is 0 Å². The molecule has 0 radical (unpaired) electrons. The molecule has 0 aromatic carbocycles. The molecule has 0 unspecified atom stereocenters. The van der Waals surface area contributed by atoms with Crippen molar-refractivity contribution >= 4 is 11.8 Å². The number of hydrogen-bond acceptors (Lipinski definition) is 6. The van der Waals surface area contributed by atoms with E-state index in [2.05, 4.69) is 15.3 Å². The monoisotopic (exact) mass is 184 g/mol. The molecule has 6 nitrogen and oxygen atoms in total. The van der Waals surface area contributed by atoms with Crippen molar-refractivity contribution in [2.75, 3.05) is 11.1 Å². The van der Waals surface area contributed by atoms with Crippen molar-refractivity contribution in [3.63, 3.8) is 0 Å². The van der Waals surface area contributed by atoms with Gasteiger partial charge in [0.1, 0.15) is 5.82 Å². The lowest BCUT2D eigenvalue weighted by molar-refractivity contribution is -0.119. The zero-order valence-corrected chi connectivity index (χ0v) is 7.44. The van der Waals surface area contributed by atoms with Gasteiger partial charge in [-0.05, 0) is 6.92 Å². The number of rotatable bonds is 2. The zero-order chi connectivity index (χ0) is 10.1. The summed E-state index contributed by atoms with van der Waals surface area (Å²) in [5, 5.41) is 20.2. The van der Waals surface area contributed by atoms with E-state index in [9.17, 15) is 0 Å². The minimum absolute atomic E-state index is 0.0880. The van der Waals surface area contributed by atoms with Crippen molar-refractivity contribution in [2.24, 2.45) is 0 Å². The summed E-state index contributed by atoms with van der Waals surface area (Å²) in [7, 11) is 0. The minimum atomic E-state index is -2.04. The Morgan fingerprint density at radius 2 is 2.08 bits per heavy atom. The third kappa shape index (κ3) is 3.22. The van der Waals surface area contributed by atoms with E-state index in [1.165, 1.54) is 0 Å². The number of hydrogen-bond donors (Lipinski definition) is 4. The van der Waals surface area contributed by atoms with Crippen LogP contribution >= 0.6 is 0 Å². The van der Waals surface area contributed by atoms with E-state index in [0.717, 1.165) is 6.92 Å². The normalized spacial score (nSPS) is 11.4. The molecule has 1 rings (SSSR count). The van der Waals surface area contributed by atoms with Gasteiger partial charge >= 0.3 is 0 Å². The fraction of sp³-hybridized carbons (Fsp3) is 0.429. The van der Waals surface area contributed by atoms with E-state index in [0.29, 0.717) is 5.69 Å². The first-order chi connectivity index (χ1) is 5.87. The fourth-order valence-corrected chi connectivity index (χ4v) is 0.861. The maximum Gasteiger partial charge on any atom is 0.243 e. The number of aryl methyl sites for hydroxylation is 1. The molecule has 6 heteroatoms. The smallest absolute Gasteiger partial charge is 0.243 e. The summed E-state index contributed by atoms with van der Waals surface area (Å²) in [4.78, 5) is 7.65. The average Bonchev–Trinajstić information content (AvgIpc) is 1.78. The standard InChI is InChI=1S/C7H12N4O2/c1-4-3-5(8)10-6(9-4)11-7(2,12)13/h3,12-13H,1-2H3,(H3,8,9,10,11). The van der Waals surface area contributed by atoms with Gasteiger partial charge in [0.25, 0.3) is 0 Å². The molecule has 1 aromatic rings. The SMILES string of the molecule is Cc1cc(N)nc(NC(C)(O)O)n1. The topological polar surface area (TPSA) is 104 Å². The largest absolute Gasteiger partial charge is 0.384 e. The number of anilines is 2. The summed E-state index contributed by atoms with van der Waals surface area (Å²) >= 11 is 0. The quantitative estimate of drug-likeness (QED) is 0.459. The number of nitrogen functional groups attached to an aromatic ring is 1. The van der Waals surface area contributed by atoms with E-state index in [-0.39, 0.29) is 11.8 Å². The van der Waals surface area contributed by atoms with Crippen LogP contribution in [-0.2, 0) is 0 Å². The highest BCUT2D eigenvalue weighted by Gasteiger charge is 2.15. The molecule has 0 saturated carbocycles. The average molecular weight is 184 g/mol. The van der Waals surface area contributed by atoms with E-state index in [1.54, 1.807) is 13.0 Å². The second-order valence-corrected chi connectivity index (χ2v) is 2.90. The van der Waals surface area contributed by atoms with Crippen LogP contribution in [0.2, 0.25) is 0 Å². The van der Waals surface area contributed by atoms with E-state index in [1.807, 2.05) is 0 Å². The lowest BCUT2D eigenvalue weighted by atomic mass is 10.4. The van der Waals surface area contributed by atoms with E-state index >= 15 is 0 Å². The van der Waals surface area contributed by atoms with Gasteiger partial charge in [-0.1, -0.05) is 0 Å². The minimum Gasteiger partial charge on any atom is -0.384 e. The van der Waals surface area contributed by atoms with Gasteiger partial charge < -0.3 is 21.3 Å². The Kier molecular flexibility index (Phi) is 2.35. The van der Waals surface area contributed by atoms with Crippen molar-refractivity contribution in [3.8, 4) is 0 Å². The molecule has 5 N–H and O–H groups in total. The highest BCUT2D eigenvalue weighted by Crippen LogP contribution is 2.09. The Morgan fingerprint density at radius 1 is 1.46 bits per heavy atom. The Balaban J connectivity index is 2.90. The zero-order valence-electron chi connectivity index (χ0n) is 7.44. The molecule has 0 spiro atoms. The number of nitrogens with two attached hydrogens (primary N) is 1. The van der Waals surface area contributed by atoms with E-state index < -0.39 is 5.91 Å². The third-order valence-corrected chi connectivity index (χ3v) is 1.22. The van der Waals surface area contributed by atoms with Crippen LogP contribution in [0.15, 0.2) is 6.07 Å². The molecule has 0 aliphatic rings. The van der Waals surface area contributed by atoms with Crippen LogP contribution in [-0.4, -0.2) is 26.1 Å². The summed E-state index contributed by atoms with van der Waals surface area (Å²) in [6.07, 6.45) is 0. The molecular formula is C7H12N4O2.